The van der Waals surface area contributed by atoms with Gasteiger partial charge in [0.2, 0.25) is 0 Å². The number of aromatic nitrogens is 4. The second kappa shape index (κ2) is 9.09. The van der Waals surface area contributed by atoms with Gasteiger partial charge in [-0.15, -0.1) is 5.10 Å². The highest BCUT2D eigenvalue weighted by Gasteiger charge is 2.36. The van der Waals surface area contributed by atoms with Crippen molar-refractivity contribution in [3.05, 3.63) is 29.6 Å². The Morgan fingerprint density at radius 3 is 2.38 bits per heavy atom. The molecule has 8 nitrogen and oxygen atoms in total. The molecular weight excluding hydrogens is 368 g/mol. The molecule has 29 heavy (non-hydrogen) atoms. The molecule has 0 bridgehead atoms. The minimum Gasteiger partial charge on any atom is -0.493 e. The molecular formula is C21H34N6O2. The molecule has 1 aliphatic rings. The van der Waals surface area contributed by atoms with Crippen LogP contribution in [0.2, 0.25) is 0 Å². The number of piperazine rings is 1. The van der Waals surface area contributed by atoms with E-state index in [-0.39, 0.29) is 11.6 Å². The van der Waals surface area contributed by atoms with E-state index in [0.717, 1.165) is 62.0 Å². The molecule has 0 radical (unpaired) electrons. The number of rotatable bonds is 8. The molecule has 0 spiro atoms. The molecule has 2 heterocycles. The van der Waals surface area contributed by atoms with E-state index in [4.69, 9.17) is 9.47 Å². The van der Waals surface area contributed by atoms with E-state index in [1.54, 1.807) is 14.2 Å². The van der Waals surface area contributed by atoms with Crippen LogP contribution in [0, 0.1) is 0 Å². The summed E-state index contributed by atoms with van der Waals surface area (Å²) in [5, 5.41) is 12.9. The van der Waals surface area contributed by atoms with Crippen molar-refractivity contribution in [2.24, 2.45) is 0 Å². The van der Waals surface area contributed by atoms with Crippen molar-refractivity contribution < 1.29 is 9.47 Å². The van der Waals surface area contributed by atoms with Gasteiger partial charge in [0.25, 0.3) is 0 Å². The molecule has 160 valence electrons. The van der Waals surface area contributed by atoms with E-state index in [1.807, 2.05) is 16.8 Å². The van der Waals surface area contributed by atoms with Gasteiger partial charge >= 0.3 is 0 Å². The summed E-state index contributed by atoms with van der Waals surface area (Å²) in [7, 11) is 3.35. The second-order valence-electron chi connectivity index (χ2n) is 8.07. The number of methoxy groups -OCH3 is 2. The molecule has 1 unspecified atom stereocenters. The number of likely N-dealkylation sites (N-methyl/N-ethyl adjacent to an activating group) is 1. The van der Waals surface area contributed by atoms with Crippen LogP contribution in [0.5, 0.6) is 11.5 Å². The zero-order valence-corrected chi connectivity index (χ0v) is 18.6. The van der Waals surface area contributed by atoms with E-state index >= 15 is 0 Å². The first-order chi connectivity index (χ1) is 14.0. The molecule has 2 aromatic rings. The highest BCUT2D eigenvalue weighted by molar-refractivity contribution is 5.49. The predicted molar refractivity (Wildman–Crippen MR) is 113 cm³/mol. The van der Waals surface area contributed by atoms with Crippen LogP contribution >= 0.6 is 0 Å². The number of tetrazole rings is 1. The smallest absolute Gasteiger partial charge is 0.173 e. The topological polar surface area (TPSA) is 68.5 Å². The number of ether oxygens (including phenoxy) is 2. The molecule has 1 aromatic carbocycles. The van der Waals surface area contributed by atoms with Crippen LogP contribution in [0.25, 0.3) is 0 Å². The third-order valence-electron chi connectivity index (χ3n) is 6.12. The predicted octanol–water partition coefficient (Wildman–Crippen LogP) is 2.56. The monoisotopic (exact) mass is 402 g/mol. The van der Waals surface area contributed by atoms with Crippen molar-refractivity contribution in [2.45, 2.75) is 45.7 Å². The van der Waals surface area contributed by atoms with Crippen LogP contribution in [0.1, 0.15) is 51.5 Å². The van der Waals surface area contributed by atoms with Gasteiger partial charge in [-0.3, -0.25) is 4.90 Å². The van der Waals surface area contributed by atoms with E-state index in [0.29, 0.717) is 0 Å². The van der Waals surface area contributed by atoms with E-state index in [9.17, 15) is 0 Å². The summed E-state index contributed by atoms with van der Waals surface area (Å²) in [5.41, 5.74) is 0.841. The molecule has 0 amide bonds. The molecule has 3 rings (SSSR count). The fraction of sp³-hybridized carbons (Fsp3) is 0.667. The van der Waals surface area contributed by atoms with Crippen molar-refractivity contribution in [1.82, 2.24) is 30.0 Å². The summed E-state index contributed by atoms with van der Waals surface area (Å²) in [6, 6.07) is 5.91. The zero-order valence-electron chi connectivity index (χ0n) is 18.6. The van der Waals surface area contributed by atoms with Gasteiger partial charge in [-0.2, -0.15) is 0 Å². The molecule has 0 aliphatic carbocycles. The largest absolute Gasteiger partial charge is 0.493 e. The Morgan fingerprint density at radius 2 is 1.79 bits per heavy atom. The average molecular weight is 403 g/mol. The Balaban J connectivity index is 2.12. The standard InChI is InChI=1S/C21H34N6O2/c1-7-21(3,4)27-20(22-23-24-27)18(26-14-12-25(8-2)13-15-26)16-10-9-11-17(28-5)19(16)29-6/h9-11,18H,7-8,12-15H2,1-6H3. The van der Waals surface area contributed by atoms with Crippen LogP contribution in [-0.2, 0) is 5.54 Å². The minimum atomic E-state index is -0.186. The lowest BCUT2D eigenvalue weighted by Gasteiger charge is -2.39. The van der Waals surface area contributed by atoms with Crippen molar-refractivity contribution in [2.75, 3.05) is 46.9 Å². The first-order valence-corrected chi connectivity index (χ1v) is 10.4. The van der Waals surface area contributed by atoms with E-state index in [2.05, 4.69) is 59.1 Å². The molecule has 1 aliphatic heterocycles. The fourth-order valence-corrected chi connectivity index (χ4v) is 3.91. The fourth-order valence-electron chi connectivity index (χ4n) is 3.91. The normalized spacial score (nSPS) is 17.3. The maximum absolute atomic E-state index is 5.79. The van der Waals surface area contributed by atoms with Gasteiger partial charge < -0.3 is 14.4 Å². The van der Waals surface area contributed by atoms with Crippen molar-refractivity contribution >= 4 is 0 Å². The summed E-state index contributed by atoms with van der Waals surface area (Å²) < 4.78 is 13.3. The molecule has 1 aromatic heterocycles. The maximum atomic E-state index is 5.79. The lowest BCUT2D eigenvalue weighted by atomic mass is 9.98. The average Bonchev–Trinajstić information content (AvgIpc) is 3.24. The second-order valence-corrected chi connectivity index (χ2v) is 8.07. The third-order valence-corrected chi connectivity index (χ3v) is 6.12. The lowest BCUT2D eigenvalue weighted by molar-refractivity contribution is 0.104. The van der Waals surface area contributed by atoms with Gasteiger partial charge in [0.1, 0.15) is 6.04 Å². The molecule has 8 heteroatoms. The van der Waals surface area contributed by atoms with E-state index in [1.165, 1.54) is 0 Å². The quantitative estimate of drug-likeness (QED) is 0.672. The van der Waals surface area contributed by atoms with Gasteiger partial charge in [-0.1, -0.05) is 26.0 Å². The number of hydrogen-bond acceptors (Lipinski definition) is 7. The van der Waals surface area contributed by atoms with Crippen LogP contribution in [-0.4, -0.2) is 77.0 Å². The van der Waals surface area contributed by atoms with Crippen molar-refractivity contribution in [3.8, 4) is 11.5 Å². The Hall–Kier alpha value is -2.19. The third kappa shape index (κ3) is 4.23. The number of benzene rings is 1. The zero-order chi connectivity index (χ0) is 21.0. The lowest BCUT2D eigenvalue weighted by Crippen LogP contribution is -2.48. The first kappa shape index (κ1) is 21.5. The van der Waals surface area contributed by atoms with Crippen molar-refractivity contribution in [3.63, 3.8) is 0 Å². The number of para-hydroxylation sites is 1. The van der Waals surface area contributed by atoms with Crippen LogP contribution in [0.3, 0.4) is 0 Å². The molecule has 1 atom stereocenters. The first-order valence-electron chi connectivity index (χ1n) is 10.4. The van der Waals surface area contributed by atoms with Gasteiger partial charge in [0.05, 0.1) is 19.8 Å². The Labute approximate surface area is 173 Å². The van der Waals surface area contributed by atoms with Gasteiger partial charge in [0, 0.05) is 31.7 Å². The SMILES string of the molecule is CCN1CCN(C(c2cccc(OC)c2OC)c2nnnn2C(C)(C)CC)CC1. The number of hydrogen-bond donors (Lipinski definition) is 0. The van der Waals surface area contributed by atoms with E-state index < -0.39 is 0 Å². The highest BCUT2D eigenvalue weighted by atomic mass is 16.5. The molecule has 0 N–H and O–H groups in total. The maximum Gasteiger partial charge on any atom is 0.173 e. The summed E-state index contributed by atoms with van der Waals surface area (Å²) in [5.74, 6) is 2.30. The summed E-state index contributed by atoms with van der Waals surface area (Å²) in [6.07, 6.45) is 0.927. The van der Waals surface area contributed by atoms with Crippen molar-refractivity contribution in [1.29, 1.82) is 0 Å². The van der Waals surface area contributed by atoms with Gasteiger partial charge in [-0.05, 0) is 43.3 Å². The number of nitrogens with zero attached hydrogens (tertiary/aromatic N) is 6. The summed E-state index contributed by atoms with van der Waals surface area (Å²) in [6.45, 7) is 13.7. The molecule has 1 saturated heterocycles. The van der Waals surface area contributed by atoms with Crippen LogP contribution in [0.15, 0.2) is 18.2 Å². The summed E-state index contributed by atoms with van der Waals surface area (Å²) >= 11 is 0. The Kier molecular flexibility index (Phi) is 6.74. The highest BCUT2D eigenvalue weighted by Crippen LogP contribution is 2.40. The Bertz CT molecular complexity index is 798. The Morgan fingerprint density at radius 1 is 1.07 bits per heavy atom. The molecule has 0 saturated carbocycles. The van der Waals surface area contributed by atoms with Gasteiger partial charge in [0.15, 0.2) is 17.3 Å². The molecule has 1 fully saturated rings. The van der Waals surface area contributed by atoms with Gasteiger partial charge in [-0.25, -0.2) is 4.68 Å². The minimum absolute atomic E-state index is 0.111. The summed E-state index contributed by atoms with van der Waals surface area (Å²) in [4.78, 5) is 4.92. The van der Waals surface area contributed by atoms with Crippen LogP contribution in [0.4, 0.5) is 0 Å². The van der Waals surface area contributed by atoms with Crippen LogP contribution < -0.4 is 9.47 Å².